The first-order chi connectivity index (χ1) is 15.4. The Kier molecular flexibility index (Phi) is 6.77. The third-order valence-electron chi connectivity index (χ3n) is 5.36. The van der Waals surface area contributed by atoms with Crippen LogP contribution in [0.4, 0.5) is 5.69 Å². The average molecular weight is 452 g/mol. The number of carbonyl (C=O) groups is 1. The summed E-state index contributed by atoms with van der Waals surface area (Å²) in [5.74, 6) is 1.53. The number of hydrogen-bond donors (Lipinski definition) is 1. The fourth-order valence-electron chi connectivity index (χ4n) is 3.93. The molecule has 4 rings (SSSR count). The summed E-state index contributed by atoms with van der Waals surface area (Å²) in [6, 6.07) is 10.1. The van der Waals surface area contributed by atoms with Crippen molar-refractivity contribution in [2.45, 2.75) is 33.7 Å². The predicted octanol–water partition coefficient (Wildman–Crippen LogP) is 4.97. The molecule has 0 bridgehead atoms. The molecule has 1 N–H and O–H groups in total. The number of nitrogens with zero attached hydrogens (tertiary/aromatic N) is 2. The van der Waals surface area contributed by atoms with Gasteiger partial charge in [-0.3, -0.25) is 9.69 Å². The smallest absolute Gasteiger partial charge is 0.238 e. The standard InChI is InChI=1S/C25H29N3O3S/c1-16-10-17(2)25(18(3)11-16)27-23(29)13-28(4)14-24-26-20(15-32-24)19-6-7-21-22(12-19)31-9-5-8-30-21/h6-7,10-12,15H,5,8-9,13-14H2,1-4H3,(H,27,29). The maximum absolute atomic E-state index is 12.6. The van der Waals surface area contributed by atoms with E-state index in [1.54, 1.807) is 11.3 Å². The molecule has 0 spiro atoms. The van der Waals surface area contributed by atoms with Crippen LogP contribution in [-0.4, -0.2) is 42.6 Å². The zero-order valence-corrected chi connectivity index (χ0v) is 19.8. The molecule has 1 amide bonds. The van der Waals surface area contributed by atoms with Gasteiger partial charge in [-0.2, -0.15) is 0 Å². The molecule has 2 aromatic carbocycles. The van der Waals surface area contributed by atoms with Crippen molar-refractivity contribution in [3.05, 3.63) is 57.4 Å². The van der Waals surface area contributed by atoms with Gasteiger partial charge in [0.2, 0.25) is 5.91 Å². The second-order valence-corrected chi connectivity index (χ2v) is 9.28. The second kappa shape index (κ2) is 9.71. The van der Waals surface area contributed by atoms with Gasteiger partial charge in [0, 0.05) is 23.1 Å². The van der Waals surface area contributed by atoms with Crippen LogP contribution in [0.3, 0.4) is 0 Å². The molecule has 0 atom stereocenters. The number of nitrogens with one attached hydrogen (secondary N) is 1. The molecule has 168 valence electrons. The Hall–Kier alpha value is -2.90. The number of amides is 1. The number of benzene rings is 2. The normalized spacial score (nSPS) is 13.2. The molecular formula is C25H29N3O3S. The van der Waals surface area contributed by atoms with Gasteiger partial charge < -0.3 is 14.8 Å². The van der Waals surface area contributed by atoms with Gasteiger partial charge in [-0.15, -0.1) is 11.3 Å². The summed E-state index contributed by atoms with van der Waals surface area (Å²) in [5.41, 5.74) is 6.17. The number of aromatic nitrogens is 1. The Bertz CT molecular complexity index is 1100. The van der Waals surface area contributed by atoms with Crippen molar-refractivity contribution >= 4 is 22.9 Å². The van der Waals surface area contributed by atoms with E-state index in [1.165, 1.54) is 5.56 Å². The van der Waals surface area contributed by atoms with Crippen LogP contribution in [0.25, 0.3) is 11.3 Å². The number of carbonyl (C=O) groups excluding carboxylic acids is 1. The largest absolute Gasteiger partial charge is 0.490 e. The number of likely N-dealkylation sites (N-methyl/N-ethyl adjacent to an activating group) is 1. The highest BCUT2D eigenvalue weighted by atomic mass is 32.1. The van der Waals surface area contributed by atoms with Gasteiger partial charge in [-0.25, -0.2) is 4.98 Å². The maximum Gasteiger partial charge on any atom is 0.238 e. The van der Waals surface area contributed by atoms with Gasteiger partial charge in [0.1, 0.15) is 5.01 Å². The van der Waals surface area contributed by atoms with Crippen LogP contribution in [0.15, 0.2) is 35.7 Å². The fraction of sp³-hybridized carbons (Fsp3) is 0.360. The van der Waals surface area contributed by atoms with E-state index in [2.05, 4.69) is 24.4 Å². The van der Waals surface area contributed by atoms with Gasteiger partial charge in [-0.1, -0.05) is 17.7 Å². The summed E-state index contributed by atoms with van der Waals surface area (Å²) in [6.45, 7) is 8.35. The Balaban J connectivity index is 1.37. The topological polar surface area (TPSA) is 63.7 Å². The third kappa shape index (κ3) is 5.29. The van der Waals surface area contributed by atoms with E-state index in [0.29, 0.717) is 26.3 Å². The van der Waals surface area contributed by atoms with E-state index in [0.717, 1.165) is 51.0 Å². The van der Waals surface area contributed by atoms with E-state index in [4.69, 9.17) is 14.5 Å². The molecule has 0 saturated carbocycles. The number of fused-ring (bicyclic) bond motifs is 1. The molecule has 3 aromatic rings. The van der Waals surface area contributed by atoms with Crippen LogP contribution in [0.1, 0.15) is 28.1 Å². The molecule has 32 heavy (non-hydrogen) atoms. The number of anilines is 1. The SMILES string of the molecule is Cc1cc(C)c(NC(=O)CN(C)Cc2nc(-c3ccc4c(c3)OCCCO4)cs2)c(C)c1. The second-order valence-electron chi connectivity index (χ2n) is 8.33. The highest BCUT2D eigenvalue weighted by molar-refractivity contribution is 7.09. The minimum absolute atomic E-state index is 0.0257. The lowest BCUT2D eigenvalue weighted by atomic mass is 10.1. The molecule has 0 unspecified atom stereocenters. The minimum Gasteiger partial charge on any atom is -0.490 e. The van der Waals surface area contributed by atoms with Crippen molar-refractivity contribution in [3.63, 3.8) is 0 Å². The Morgan fingerprint density at radius 3 is 2.56 bits per heavy atom. The van der Waals surface area contributed by atoms with Crippen LogP contribution < -0.4 is 14.8 Å². The van der Waals surface area contributed by atoms with Gasteiger partial charge in [0.05, 0.1) is 32.0 Å². The zero-order valence-electron chi connectivity index (χ0n) is 19.0. The average Bonchev–Trinajstić information content (AvgIpc) is 3.06. The van der Waals surface area contributed by atoms with Crippen molar-refractivity contribution in [2.75, 3.05) is 32.1 Å². The maximum atomic E-state index is 12.6. The first-order valence-corrected chi connectivity index (χ1v) is 11.7. The van der Waals surface area contributed by atoms with Gasteiger partial charge in [0.15, 0.2) is 11.5 Å². The quantitative estimate of drug-likeness (QED) is 0.573. The summed E-state index contributed by atoms with van der Waals surface area (Å²) in [4.78, 5) is 19.3. The molecule has 1 aliphatic rings. The van der Waals surface area contributed by atoms with Crippen LogP contribution in [0.5, 0.6) is 11.5 Å². The molecule has 0 saturated heterocycles. The van der Waals surface area contributed by atoms with Crippen LogP contribution in [0, 0.1) is 20.8 Å². The van der Waals surface area contributed by atoms with Crippen molar-refractivity contribution in [1.29, 1.82) is 0 Å². The number of rotatable bonds is 6. The number of aryl methyl sites for hydroxylation is 3. The van der Waals surface area contributed by atoms with Crippen molar-refractivity contribution in [1.82, 2.24) is 9.88 Å². The van der Waals surface area contributed by atoms with E-state index in [-0.39, 0.29) is 5.91 Å². The van der Waals surface area contributed by atoms with Gasteiger partial charge in [0.25, 0.3) is 0 Å². The summed E-state index contributed by atoms with van der Waals surface area (Å²) in [7, 11) is 1.93. The fourth-order valence-corrected chi connectivity index (χ4v) is 4.81. The Morgan fingerprint density at radius 2 is 1.81 bits per heavy atom. The Morgan fingerprint density at radius 1 is 1.09 bits per heavy atom. The van der Waals surface area contributed by atoms with Crippen molar-refractivity contribution in [2.24, 2.45) is 0 Å². The van der Waals surface area contributed by atoms with E-state index < -0.39 is 0 Å². The molecule has 0 fully saturated rings. The van der Waals surface area contributed by atoms with Gasteiger partial charge >= 0.3 is 0 Å². The van der Waals surface area contributed by atoms with Crippen molar-refractivity contribution < 1.29 is 14.3 Å². The van der Waals surface area contributed by atoms with E-state index in [1.807, 2.05) is 49.4 Å². The Labute approximate surface area is 193 Å². The summed E-state index contributed by atoms with van der Waals surface area (Å²) in [6.07, 6.45) is 0.883. The molecule has 1 aromatic heterocycles. The number of ether oxygens (including phenoxy) is 2. The molecular weight excluding hydrogens is 422 g/mol. The minimum atomic E-state index is -0.0257. The molecule has 1 aliphatic heterocycles. The molecule has 2 heterocycles. The molecule has 0 aliphatic carbocycles. The third-order valence-corrected chi connectivity index (χ3v) is 6.19. The number of hydrogen-bond acceptors (Lipinski definition) is 6. The highest BCUT2D eigenvalue weighted by Gasteiger charge is 2.15. The lowest BCUT2D eigenvalue weighted by Crippen LogP contribution is -2.30. The lowest BCUT2D eigenvalue weighted by Gasteiger charge is -2.17. The monoisotopic (exact) mass is 451 g/mol. The number of thiazole rings is 1. The molecule has 7 heteroatoms. The van der Waals surface area contributed by atoms with Crippen LogP contribution in [0.2, 0.25) is 0 Å². The van der Waals surface area contributed by atoms with Gasteiger partial charge in [-0.05, 0) is 57.1 Å². The lowest BCUT2D eigenvalue weighted by molar-refractivity contribution is -0.117. The van der Waals surface area contributed by atoms with E-state index >= 15 is 0 Å². The predicted molar refractivity (Wildman–Crippen MR) is 129 cm³/mol. The van der Waals surface area contributed by atoms with Crippen LogP contribution in [-0.2, 0) is 11.3 Å². The summed E-state index contributed by atoms with van der Waals surface area (Å²) >= 11 is 1.60. The molecule has 0 radical (unpaired) electrons. The molecule has 6 nitrogen and oxygen atoms in total. The van der Waals surface area contributed by atoms with E-state index in [9.17, 15) is 4.79 Å². The first-order valence-electron chi connectivity index (χ1n) is 10.8. The zero-order chi connectivity index (χ0) is 22.7. The van der Waals surface area contributed by atoms with Crippen molar-refractivity contribution in [3.8, 4) is 22.8 Å². The summed E-state index contributed by atoms with van der Waals surface area (Å²) in [5, 5.41) is 6.07. The first kappa shape index (κ1) is 22.3. The van der Waals surface area contributed by atoms with Crippen LogP contribution >= 0.6 is 11.3 Å². The summed E-state index contributed by atoms with van der Waals surface area (Å²) < 4.78 is 11.5. The highest BCUT2D eigenvalue weighted by Crippen LogP contribution is 2.34.